The van der Waals surface area contributed by atoms with Crippen molar-refractivity contribution in [1.29, 1.82) is 0 Å². The molecule has 0 aliphatic rings. The van der Waals surface area contributed by atoms with Crippen molar-refractivity contribution in [2.75, 3.05) is 0 Å². The third-order valence-electron chi connectivity index (χ3n) is 2.80. The van der Waals surface area contributed by atoms with Gasteiger partial charge in [0.15, 0.2) is 0 Å². The van der Waals surface area contributed by atoms with E-state index in [1.54, 1.807) is 18.6 Å². The van der Waals surface area contributed by atoms with Gasteiger partial charge < -0.3 is 0 Å². The standard InChI is InChI=1S/C16H17N3O/c20-16(10-4-8-14-6-2-1-3-7-14)19-18-13-15-9-5-11-17-12-15/h1-3,5-7,9,11-13H,4,8,10H2,(H,19,20). The highest BCUT2D eigenvalue weighted by Crippen LogP contribution is 2.04. The van der Waals surface area contributed by atoms with Crippen molar-refractivity contribution in [1.82, 2.24) is 10.4 Å². The van der Waals surface area contributed by atoms with E-state index in [1.807, 2.05) is 30.3 Å². The molecule has 4 nitrogen and oxygen atoms in total. The topological polar surface area (TPSA) is 54.4 Å². The second-order valence-electron chi connectivity index (χ2n) is 4.42. The molecule has 102 valence electrons. The summed E-state index contributed by atoms with van der Waals surface area (Å²) >= 11 is 0. The molecule has 0 bridgehead atoms. The molecule has 0 fully saturated rings. The number of rotatable bonds is 6. The maximum absolute atomic E-state index is 11.6. The third kappa shape index (κ3) is 5.02. The number of hydrazone groups is 1. The molecule has 0 aliphatic heterocycles. The monoisotopic (exact) mass is 267 g/mol. The van der Waals surface area contributed by atoms with Gasteiger partial charge >= 0.3 is 0 Å². The first-order chi connectivity index (χ1) is 9.84. The van der Waals surface area contributed by atoms with Gasteiger partial charge in [0.25, 0.3) is 0 Å². The van der Waals surface area contributed by atoms with E-state index in [9.17, 15) is 4.79 Å². The first kappa shape index (κ1) is 13.9. The quantitative estimate of drug-likeness (QED) is 0.646. The van der Waals surface area contributed by atoms with Crippen molar-refractivity contribution in [2.24, 2.45) is 5.10 Å². The predicted molar refractivity (Wildman–Crippen MR) is 79.4 cm³/mol. The molecular formula is C16H17N3O. The lowest BCUT2D eigenvalue weighted by Crippen LogP contribution is -2.17. The largest absolute Gasteiger partial charge is 0.273 e. The Balaban J connectivity index is 1.67. The Morgan fingerprint density at radius 3 is 2.80 bits per heavy atom. The van der Waals surface area contributed by atoms with Crippen LogP contribution >= 0.6 is 0 Å². The predicted octanol–water partition coefficient (Wildman–Crippen LogP) is 2.55. The molecule has 0 saturated carbocycles. The maximum Gasteiger partial charge on any atom is 0.240 e. The first-order valence-corrected chi connectivity index (χ1v) is 6.60. The van der Waals surface area contributed by atoms with Crippen LogP contribution in [0.15, 0.2) is 60.0 Å². The highest BCUT2D eigenvalue weighted by Gasteiger charge is 1.99. The van der Waals surface area contributed by atoms with Crippen LogP contribution in [0.5, 0.6) is 0 Å². The van der Waals surface area contributed by atoms with Crippen LogP contribution in [0.3, 0.4) is 0 Å². The number of aryl methyl sites for hydroxylation is 1. The number of aromatic nitrogens is 1. The van der Waals surface area contributed by atoms with E-state index >= 15 is 0 Å². The van der Waals surface area contributed by atoms with Crippen molar-refractivity contribution < 1.29 is 4.79 Å². The Kier molecular flexibility index (Phi) is 5.46. The van der Waals surface area contributed by atoms with Crippen LogP contribution in [0, 0.1) is 0 Å². The van der Waals surface area contributed by atoms with Crippen LogP contribution in [0.1, 0.15) is 24.0 Å². The Morgan fingerprint density at radius 1 is 1.20 bits per heavy atom. The second kappa shape index (κ2) is 7.84. The molecule has 0 spiro atoms. The van der Waals surface area contributed by atoms with Gasteiger partial charge in [-0.05, 0) is 24.5 Å². The number of amides is 1. The van der Waals surface area contributed by atoms with Crippen LogP contribution in [-0.4, -0.2) is 17.1 Å². The third-order valence-corrected chi connectivity index (χ3v) is 2.80. The number of carbonyl (C=O) groups excluding carboxylic acids is 1. The Morgan fingerprint density at radius 2 is 2.05 bits per heavy atom. The van der Waals surface area contributed by atoms with Gasteiger partial charge in [-0.3, -0.25) is 9.78 Å². The van der Waals surface area contributed by atoms with E-state index in [1.165, 1.54) is 5.56 Å². The van der Waals surface area contributed by atoms with Crippen LogP contribution in [0.2, 0.25) is 0 Å². The van der Waals surface area contributed by atoms with E-state index in [-0.39, 0.29) is 5.91 Å². The van der Waals surface area contributed by atoms with Crippen molar-refractivity contribution in [3.8, 4) is 0 Å². The van der Waals surface area contributed by atoms with Gasteiger partial charge in [-0.1, -0.05) is 36.4 Å². The number of pyridine rings is 1. The molecule has 1 aromatic heterocycles. The van der Waals surface area contributed by atoms with E-state index < -0.39 is 0 Å². The van der Waals surface area contributed by atoms with Gasteiger partial charge in [-0.15, -0.1) is 0 Å². The van der Waals surface area contributed by atoms with Gasteiger partial charge in [-0.25, -0.2) is 5.43 Å². The van der Waals surface area contributed by atoms with Gasteiger partial charge in [0.1, 0.15) is 0 Å². The Bertz CT molecular complexity index is 552. The maximum atomic E-state index is 11.6. The summed E-state index contributed by atoms with van der Waals surface area (Å²) in [6.07, 6.45) is 7.16. The zero-order valence-corrected chi connectivity index (χ0v) is 11.2. The Labute approximate surface area is 118 Å². The normalized spacial score (nSPS) is 10.6. The molecule has 2 rings (SSSR count). The number of carbonyl (C=O) groups is 1. The first-order valence-electron chi connectivity index (χ1n) is 6.60. The number of benzene rings is 1. The summed E-state index contributed by atoms with van der Waals surface area (Å²) in [5, 5.41) is 3.90. The summed E-state index contributed by atoms with van der Waals surface area (Å²) in [7, 11) is 0. The Hall–Kier alpha value is -2.49. The summed E-state index contributed by atoms with van der Waals surface area (Å²) in [4.78, 5) is 15.5. The summed E-state index contributed by atoms with van der Waals surface area (Å²) in [6, 6.07) is 13.8. The minimum atomic E-state index is -0.0685. The van der Waals surface area contributed by atoms with E-state index in [2.05, 4.69) is 27.6 Å². The fourth-order valence-electron chi connectivity index (χ4n) is 1.78. The van der Waals surface area contributed by atoms with Crippen LogP contribution < -0.4 is 5.43 Å². The summed E-state index contributed by atoms with van der Waals surface area (Å²) in [6.45, 7) is 0. The number of hydrogen-bond donors (Lipinski definition) is 1. The summed E-state index contributed by atoms with van der Waals surface area (Å²) in [5.74, 6) is -0.0685. The zero-order chi connectivity index (χ0) is 14.0. The smallest absolute Gasteiger partial charge is 0.240 e. The van der Waals surface area contributed by atoms with Crippen molar-refractivity contribution in [2.45, 2.75) is 19.3 Å². The molecular weight excluding hydrogens is 250 g/mol. The minimum absolute atomic E-state index is 0.0685. The molecule has 4 heteroatoms. The lowest BCUT2D eigenvalue weighted by Gasteiger charge is -2.01. The number of nitrogens with one attached hydrogen (secondary N) is 1. The molecule has 0 radical (unpaired) electrons. The number of nitrogens with zero attached hydrogens (tertiary/aromatic N) is 2. The highest BCUT2D eigenvalue weighted by molar-refractivity contribution is 5.81. The molecule has 0 aliphatic carbocycles. The van der Waals surface area contributed by atoms with Crippen LogP contribution in [0.4, 0.5) is 0 Å². The number of hydrogen-bond acceptors (Lipinski definition) is 3. The zero-order valence-electron chi connectivity index (χ0n) is 11.2. The lowest BCUT2D eigenvalue weighted by atomic mass is 10.1. The average molecular weight is 267 g/mol. The molecule has 1 heterocycles. The molecule has 20 heavy (non-hydrogen) atoms. The van der Waals surface area contributed by atoms with Crippen molar-refractivity contribution in [3.63, 3.8) is 0 Å². The molecule has 0 unspecified atom stereocenters. The van der Waals surface area contributed by atoms with Crippen molar-refractivity contribution >= 4 is 12.1 Å². The molecule has 0 atom stereocenters. The van der Waals surface area contributed by atoms with Crippen LogP contribution in [0.25, 0.3) is 0 Å². The molecule has 2 aromatic rings. The molecule has 1 amide bonds. The van der Waals surface area contributed by atoms with E-state index in [0.29, 0.717) is 6.42 Å². The lowest BCUT2D eigenvalue weighted by molar-refractivity contribution is -0.121. The highest BCUT2D eigenvalue weighted by atomic mass is 16.2. The molecule has 1 aromatic carbocycles. The van der Waals surface area contributed by atoms with Gasteiger partial charge in [-0.2, -0.15) is 5.10 Å². The average Bonchev–Trinajstić information content (AvgIpc) is 2.49. The molecule has 0 saturated heterocycles. The fraction of sp³-hybridized carbons (Fsp3) is 0.188. The fourth-order valence-corrected chi connectivity index (χ4v) is 1.78. The van der Waals surface area contributed by atoms with Gasteiger partial charge in [0.05, 0.1) is 6.21 Å². The second-order valence-corrected chi connectivity index (χ2v) is 4.42. The van der Waals surface area contributed by atoms with Crippen LogP contribution in [-0.2, 0) is 11.2 Å². The van der Waals surface area contributed by atoms with E-state index in [0.717, 1.165) is 18.4 Å². The summed E-state index contributed by atoms with van der Waals surface area (Å²) in [5.41, 5.74) is 4.63. The molecule has 1 N–H and O–H groups in total. The summed E-state index contributed by atoms with van der Waals surface area (Å²) < 4.78 is 0. The van der Waals surface area contributed by atoms with Gasteiger partial charge in [0, 0.05) is 24.4 Å². The van der Waals surface area contributed by atoms with E-state index in [4.69, 9.17) is 0 Å². The SMILES string of the molecule is O=C(CCCc1ccccc1)NN=Cc1cccnc1. The van der Waals surface area contributed by atoms with Crippen molar-refractivity contribution in [3.05, 3.63) is 66.0 Å². The minimum Gasteiger partial charge on any atom is -0.273 e. The van der Waals surface area contributed by atoms with Gasteiger partial charge in [0.2, 0.25) is 5.91 Å².